The third-order valence-corrected chi connectivity index (χ3v) is 4.16. The first kappa shape index (κ1) is 19.1. The number of anilines is 3. The van der Waals surface area contributed by atoms with Crippen molar-refractivity contribution in [3.05, 3.63) is 83.1 Å². The van der Waals surface area contributed by atoms with Crippen LogP contribution in [0, 0.1) is 0 Å². The van der Waals surface area contributed by atoms with Gasteiger partial charge in [0.25, 0.3) is 5.91 Å². The van der Waals surface area contributed by atoms with E-state index in [4.69, 9.17) is 4.42 Å². The number of para-hydroxylation sites is 1. The first-order chi connectivity index (χ1) is 14.7. The summed E-state index contributed by atoms with van der Waals surface area (Å²) in [7, 11) is 0. The predicted molar refractivity (Wildman–Crippen MR) is 113 cm³/mol. The molecule has 1 aromatic carbocycles. The Kier molecular flexibility index (Phi) is 5.61. The fraction of sp³-hybridized carbons (Fsp3) is 0.0952. The van der Waals surface area contributed by atoms with E-state index in [0.717, 1.165) is 0 Å². The number of benzene rings is 1. The van der Waals surface area contributed by atoms with Crippen LogP contribution in [0.15, 0.2) is 76.3 Å². The number of carbonyl (C=O) groups excluding carboxylic acids is 1. The highest BCUT2D eigenvalue weighted by molar-refractivity contribution is 5.93. The standard InChI is InChI=1S/C21H18N6O3/c28-15-11-17(30-16-6-2-1-5-14(15)16)21(29)24-10-9-23-19-12-20(26-13-25-19)27-18-7-3-4-8-22-18/h1-8,11-13H,9-10H2,(H,24,29)(H2,22,23,25,26,27). The van der Waals surface area contributed by atoms with E-state index in [1.807, 2.05) is 18.2 Å². The monoisotopic (exact) mass is 402 g/mol. The number of nitrogens with one attached hydrogen (secondary N) is 3. The molecule has 0 bridgehead atoms. The van der Waals surface area contributed by atoms with E-state index in [9.17, 15) is 9.59 Å². The molecule has 0 aliphatic heterocycles. The minimum absolute atomic E-state index is 0.0254. The Morgan fingerprint density at radius 2 is 1.73 bits per heavy atom. The minimum atomic E-state index is -0.458. The molecule has 9 heteroatoms. The third-order valence-electron chi connectivity index (χ3n) is 4.16. The molecule has 0 unspecified atom stereocenters. The highest BCUT2D eigenvalue weighted by Gasteiger charge is 2.11. The zero-order chi connectivity index (χ0) is 20.8. The Balaban J connectivity index is 1.31. The Bertz CT molecular complexity index is 1230. The molecular weight excluding hydrogens is 384 g/mol. The average molecular weight is 402 g/mol. The summed E-state index contributed by atoms with van der Waals surface area (Å²) in [6, 6.07) is 15.3. The van der Waals surface area contributed by atoms with Crippen LogP contribution in [-0.4, -0.2) is 33.9 Å². The minimum Gasteiger partial charge on any atom is -0.451 e. The van der Waals surface area contributed by atoms with Gasteiger partial charge in [0.1, 0.15) is 29.4 Å². The first-order valence-corrected chi connectivity index (χ1v) is 9.24. The Morgan fingerprint density at radius 3 is 2.60 bits per heavy atom. The molecule has 0 atom stereocenters. The number of fused-ring (bicyclic) bond motifs is 1. The van der Waals surface area contributed by atoms with E-state index in [1.165, 1.54) is 12.4 Å². The summed E-state index contributed by atoms with van der Waals surface area (Å²) in [5.41, 5.74) is 0.122. The second-order valence-electron chi connectivity index (χ2n) is 6.28. The SMILES string of the molecule is O=C(NCCNc1cc(Nc2ccccn2)ncn1)c1cc(=O)c2ccccc2o1. The van der Waals surface area contributed by atoms with Gasteiger partial charge >= 0.3 is 0 Å². The lowest BCUT2D eigenvalue weighted by Gasteiger charge is -2.09. The van der Waals surface area contributed by atoms with Gasteiger partial charge < -0.3 is 20.4 Å². The van der Waals surface area contributed by atoms with Gasteiger partial charge in [-0.05, 0) is 24.3 Å². The molecule has 30 heavy (non-hydrogen) atoms. The molecule has 0 spiro atoms. The van der Waals surface area contributed by atoms with Crippen molar-refractivity contribution in [1.82, 2.24) is 20.3 Å². The van der Waals surface area contributed by atoms with Crippen LogP contribution in [0.1, 0.15) is 10.6 Å². The third kappa shape index (κ3) is 4.58. The van der Waals surface area contributed by atoms with Crippen molar-refractivity contribution in [3.63, 3.8) is 0 Å². The molecule has 0 saturated heterocycles. The van der Waals surface area contributed by atoms with Gasteiger partial charge in [-0.1, -0.05) is 18.2 Å². The van der Waals surface area contributed by atoms with Gasteiger partial charge in [0.15, 0.2) is 11.2 Å². The van der Waals surface area contributed by atoms with Crippen molar-refractivity contribution in [2.24, 2.45) is 0 Å². The van der Waals surface area contributed by atoms with E-state index < -0.39 is 5.91 Å². The van der Waals surface area contributed by atoms with E-state index in [2.05, 4.69) is 30.9 Å². The molecular formula is C21H18N6O3. The zero-order valence-electron chi connectivity index (χ0n) is 15.8. The lowest BCUT2D eigenvalue weighted by Crippen LogP contribution is -2.29. The van der Waals surface area contributed by atoms with E-state index >= 15 is 0 Å². The summed E-state index contributed by atoms with van der Waals surface area (Å²) in [6.07, 6.45) is 3.11. The summed E-state index contributed by atoms with van der Waals surface area (Å²) < 4.78 is 5.52. The smallest absolute Gasteiger partial charge is 0.287 e. The molecule has 1 amide bonds. The van der Waals surface area contributed by atoms with Crippen molar-refractivity contribution in [3.8, 4) is 0 Å². The van der Waals surface area contributed by atoms with Crippen LogP contribution in [0.2, 0.25) is 0 Å². The number of pyridine rings is 1. The summed E-state index contributed by atoms with van der Waals surface area (Å²) in [5.74, 6) is 1.37. The van der Waals surface area contributed by atoms with Crippen LogP contribution in [0.5, 0.6) is 0 Å². The van der Waals surface area contributed by atoms with Gasteiger partial charge in [-0.15, -0.1) is 0 Å². The molecule has 150 valence electrons. The second kappa shape index (κ2) is 8.82. The van der Waals surface area contributed by atoms with Crippen molar-refractivity contribution in [2.75, 3.05) is 23.7 Å². The highest BCUT2D eigenvalue weighted by atomic mass is 16.3. The molecule has 0 saturated carbocycles. The van der Waals surface area contributed by atoms with Crippen molar-refractivity contribution < 1.29 is 9.21 Å². The van der Waals surface area contributed by atoms with E-state index in [1.54, 1.807) is 36.5 Å². The fourth-order valence-corrected chi connectivity index (χ4v) is 2.76. The van der Waals surface area contributed by atoms with Crippen LogP contribution >= 0.6 is 0 Å². The van der Waals surface area contributed by atoms with Gasteiger partial charge in [-0.2, -0.15) is 0 Å². The number of amides is 1. The molecule has 3 N–H and O–H groups in total. The number of hydrogen-bond acceptors (Lipinski definition) is 8. The Hall–Kier alpha value is -4.27. The summed E-state index contributed by atoms with van der Waals surface area (Å²) in [5, 5.41) is 9.33. The Morgan fingerprint density at radius 1 is 0.900 bits per heavy atom. The number of rotatable bonds is 7. The van der Waals surface area contributed by atoms with Gasteiger partial charge in [-0.3, -0.25) is 9.59 Å². The van der Waals surface area contributed by atoms with E-state index in [0.29, 0.717) is 41.5 Å². The molecule has 3 heterocycles. The summed E-state index contributed by atoms with van der Waals surface area (Å²) in [4.78, 5) is 36.9. The van der Waals surface area contributed by atoms with E-state index in [-0.39, 0.29) is 11.2 Å². The maximum Gasteiger partial charge on any atom is 0.287 e. The zero-order valence-corrected chi connectivity index (χ0v) is 15.8. The van der Waals surface area contributed by atoms with Gasteiger partial charge in [0.05, 0.1) is 5.39 Å². The fourth-order valence-electron chi connectivity index (χ4n) is 2.76. The lowest BCUT2D eigenvalue weighted by atomic mass is 10.2. The molecule has 9 nitrogen and oxygen atoms in total. The van der Waals surface area contributed by atoms with Gasteiger partial charge in [0, 0.05) is 31.4 Å². The molecule has 4 aromatic rings. The number of hydrogen-bond donors (Lipinski definition) is 3. The van der Waals surface area contributed by atoms with Crippen LogP contribution < -0.4 is 21.4 Å². The van der Waals surface area contributed by atoms with Crippen LogP contribution in [0.4, 0.5) is 17.5 Å². The predicted octanol–water partition coefficient (Wildman–Crippen LogP) is 2.56. The number of aromatic nitrogens is 3. The number of nitrogens with zero attached hydrogens (tertiary/aromatic N) is 3. The van der Waals surface area contributed by atoms with Crippen LogP contribution in [0.25, 0.3) is 11.0 Å². The molecule has 3 aromatic heterocycles. The Labute approximate surface area is 171 Å². The maximum atomic E-state index is 12.3. The number of carbonyl (C=O) groups is 1. The van der Waals surface area contributed by atoms with Crippen LogP contribution in [-0.2, 0) is 0 Å². The summed E-state index contributed by atoms with van der Waals surface area (Å²) in [6.45, 7) is 0.728. The van der Waals surface area contributed by atoms with Gasteiger partial charge in [-0.25, -0.2) is 15.0 Å². The largest absolute Gasteiger partial charge is 0.451 e. The summed E-state index contributed by atoms with van der Waals surface area (Å²) >= 11 is 0. The normalized spacial score (nSPS) is 10.5. The topological polar surface area (TPSA) is 122 Å². The second-order valence-corrected chi connectivity index (χ2v) is 6.28. The van der Waals surface area contributed by atoms with Crippen molar-refractivity contribution in [1.29, 1.82) is 0 Å². The highest BCUT2D eigenvalue weighted by Crippen LogP contribution is 2.14. The van der Waals surface area contributed by atoms with Crippen molar-refractivity contribution >= 4 is 34.3 Å². The maximum absolute atomic E-state index is 12.3. The van der Waals surface area contributed by atoms with Crippen LogP contribution in [0.3, 0.4) is 0 Å². The first-order valence-electron chi connectivity index (χ1n) is 9.24. The molecule has 0 fully saturated rings. The molecule has 4 rings (SSSR count). The molecule has 0 aliphatic rings. The lowest BCUT2D eigenvalue weighted by molar-refractivity contribution is 0.0928. The van der Waals surface area contributed by atoms with Gasteiger partial charge in [0.2, 0.25) is 0 Å². The van der Waals surface area contributed by atoms with Crippen molar-refractivity contribution in [2.45, 2.75) is 0 Å². The molecule has 0 radical (unpaired) electrons. The average Bonchev–Trinajstić information content (AvgIpc) is 2.77. The molecule has 0 aliphatic carbocycles. The quantitative estimate of drug-likeness (QED) is 0.403.